The highest BCUT2D eigenvalue weighted by Crippen LogP contribution is 2.15. The van der Waals surface area contributed by atoms with E-state index in [1.807, 2.05) is 43.3 Å². The van der Waals surface area contributed by atoms with Gasteiger partial charge in [-0.3, -0.25) is 4.79 Å². The minimum atomic E-state index is 0.0878. The summed E-state index contributed by atoms with van der Waals surface area (Å²) in [5.41, 5.74) is 1.99. The predicted molar refractivity (Wildman–Crippen MR) is 91.0 cm³/mol. The van der Waals surface area contributed by atoms with Crippen LogP contribution in [0.2, 0.25) is 0 Å². The third-order valence-electron chi connectivity index (χ3n) is 3.40. The van der Waals surface area contributed by atoms with Gasteiger partial charge < -0.3 is 15.1 Å². The standard InChI is InChI=1S/C17H29N3O/c1-5-12-20(13-6-2)14-11-17(21)18-15-7-9-16(10-8-15)19(3)4/h7-10H,5-6,11-14H2,1-4H3,(H,18,21). The van der Waals surface area contributed by atoms with Crippen molar-refractivity contribution in [2.24, 2.45) is 0 Å². The van der Waals surface area contributed by atoms with Gasteiger partial charge in [0.1, 0.15) is 0 Å². The number of hydrogen-bond acceptors (Lipinski definition) is 3. The van der Waals surface area contributed by atoms with Crippen molar-refractivity contribution < 1.29 is 4.79 Å². The maximum atomic E-state index is 12.0. The number of amides is 1. The molecule has 0 unspecified atom stereocenters. The van der Waals surface area contributed by atoms with Crippen molar-refractivity contribution >= 4 is 17.3 Å². The first-order valence-corrected chi connectivity index (χ1v) is 7.86. The zero-order chi connectivity index (χ0) is 15.7. The molecule has 1 amide bonds. The van der Waals surface area contributed by atoms with Crippen molar-refractivity contribution in [3.05, 3.63) is 24.3 Å². The molecule has 0 fully saturated rings. The first-order valence-electron chi connectivity index (χ1n) is 7.86. The highest BCUT2D eigenvalue weighted by atomic mass is 16.1. The molecular formula is C17H29N3O. The Morgan fingerprint density at radius 1 is 1.00 bits per heavy atom. The molecule has 0 saturated heterocycles. The fraction of sp³-hybridized carbons (Fsp3) is 0.588. The molecule has 0 aliphatic carbocycles. The van der Waals surface area contributed by atoms with Crippen LogP contribution in [0.15, 0.2) is 24.3 Å². The van der Waals surface area contributed by atoms with Gasteiger partial charge in [0, 0.05) is 38.4 Å². The molecule has 0 atom stereocenters. The van der Waals surface area contributed by atoms with E-state index < -0.39 is 0 Å². The van der Waals surface area contributed by atoms with E-state index in [0.29, 0.717) is 6.42 Å². The lowest BCUT2D eigenvalue weighted by Gasteiger charge is -2.20. The lowest BCUT2D eigenvalue weighted by atomic mass is 10.2. The van der Waals surface area contributed by atoms with Crippen LogP contribution in [-0.4, -0.2) is 44.5 Å². The normalized spacial score (nSPS) is 10.7. The van der Waals surface area contributed by atoms with Gasteiger partial charge >= 0.3 is 0 Å². The lowest BCUT2D eigenvalue weighted by Crippen LogP contribution is -2.29. The van der Waals surface area contributed by atoms with Gasteiger partial charge in [0.2, 0.25) is 5.91 Å². The van der Waals surface area contributed by atoms with E-state index in [2.05, 4.69) is 24.1 Å². The smallest absolute Gasteiger partial charge is 0.225 e. The van der Waals surface area contributed by atoms with Crippen LogP contribution in [0, 0.1) is 0 Å². The number of carbonyl (C=O) groups excluding carboxylic acids is 1. The van der Waals surface area contributed by atoms with Gasteiger partial charge in [-0.15, -0.1) is 0 Å². The van der Waals surface area contributed by atoms with Gasteiger partial charge in [0.15, 0.2) is 0 Å². The Labute approximate surface area is 129 Å². The van der Waals surface area contributed by atoms with E-state index >= 15 is 0 Å². The quantitative estimate of drug-likeness (QED) is 0.759. The Kier molecular flexibility index (Phi) is 7.83. The second-order valence-electron chi connectivity index (χ2n) is 5.58. The zero-order valence-electron chi connectivity index (χ0n) is 13.9. The summed E-state index contributed by atoms with van der Waals surface area (Å²) in [6, 6.07) is 7.92. The molecule has 0 bridgehead atoms. The molecule has 0 aromatic heterocycles. The van der Waals surface area contributed by atoms with Gasteiger partial charge in [-0.05, 0) is 50.2 Å². The summed E-state index contributed by atoms with van der Waals surface area (Å²) < 4.78 is 0. The van der Waals surface area contributed by atoms with Crippen LogP contribution < -0.4 is 10.2 Å². The predicted octanol–water partition coefficient (Wildman–Crippen LogP) is 3.20. The third-order valence-corrected chi connectivity index (χ3v) is 3.40. The number of anilines is 2. The number of rotatable bonds is 9. The Balaban J connectivity index is 2.42. The van der Waals surface area contributed by atoms with Gasteiger partial charge in [-0.2, -0.15) is 0 Å². The zero-order valence-corrected chi connectivity index (χ0v) is 13.9. The summed E-state index contributed by atoms with van der Waals surface area (Å²) in [7, 11) is 4.01. The Morgan fingerprint density at radius 3 is 2.05 bits per heavy atom. The second-order valence-corrected chi connectivity index (χ2v) is 5.58. The highest BCUT2D eigenvalue weighted by molar-refractivity contribution is 5.91. The molecule has 0 heterocycles. The molecule has 21 heavy (non-hydrogen) atoms. The van der Waals surface area contributed by atoms with E-state index in [0.717, 1.165) is 43.9 Å². The molecule has 0 aliphatic heterocycles. The lowest BCUT2D eigenvalue weighted by molar-refractivity contribution is -0.116. The monoisotopic (exact) mass is 291 g/mol. The molecule has 0 radical (unpaired) electrons. The van der Waals surface area contributed by atoms with Crippen LogP contribution in [-0.2, 0) is 4.79 Å². The number of nitrogens with one attached hydrogen (secondary N) is 1. The van der Waals surface area contributed by atoms with Crippen LogP contribution in [0.1, 0.15) is 33.1 Å². The summed E-state index contributed by atoms with van der Waals surface area (Å²) in [5, 5.41) is 2.96. The summed E-state index contributed by atoms with van der Waals surface area (Å²) in [6.07, 6.45) is 2.82. The topological polar surface area (TPSA) is 35.6 Å². The summed E-state index contributed by atoms with van der Waals surface area (Å²) in [4.78, 5) is 16.4. The first-order chi connectivity index (χ1) is 10.1. The maximum Gasteiger partial charge on any atom is 0.225 e. The van der Waals surface area contributed by atoms with Gasteiger partial charge in [-0.25, -0.2) is 0 Å². The fourth-order valence-electron chi connectivity index (χ4n) is 2.29. The van der Waals surface area contributed by atoms with Crippen molar-refractivity contribution in [2.45, 2.75) is 33.1 Å². The SMILES string of the molecule is CCCN(CCC)CCC(=O)Nc1ccc(N(C)C)cc1. The summed E-state index contributed by atoms with van der Waals surface area (Å²) in [5.74, 6) is 0.0878. The second kappa shape index (κ2) is 9.40. The minimum Gasteiger partial charge on any atom is -0.378 e. The summed E-state index contributed by atoms with van der Waals surface area (Å²) in [6.45, 7) is 7.32. The Bertz CT molecular complexity index is 409. The van der Waals surface area contributed by atoms with Crippen LogP contribution in [0.5, 0.6) is 0 Å². The van der Waals surface area contributed by atoms with E-state index in [1.165, 1.54) is 0 Å². The van der Waals surface area contributed by atoms with Gasteiger partial charge in [-0.1, -0.05) is 13.8 Å². The van der Waals surface area contributed by atoms with Gasteiger partial charge in [0.05, 0.1) is 0 Å². The molecule has 4 heteroatoms. The minimum absolute atomic E-state index is 0.0878. The fourth-order valence-corrected chi connectivity index (χ4v) is 2.29. The Morgan fingerprint density at radius 2 is 1.57 bits per heavy atom. The van der Waals surface area contributed by atoms with E-state index in [4.69, 9.17) is 0 Å². The highest BCUT2D eigenvalue weighted by Gasteiger charge is 2.07. The average Bonchev–Trinajstić information content (AvgIpc) is 2.46. The van der Waals surface area contributed by atoms with Crippen molar-refractivity contribution in [1.29, 1.82) is 0 Å². The number of hydrogen-bond donors (Lipinski definition) is 1. The maximum absolute atomic E-state index is 12.0. The molecule has 1 N–H and O–H groups in total. The van der Waals surface area contributed by atoms with Crippen LogP contribution in [0.3, 0.4) is 0 Å². The molecule has 0 spiro atoms. The first kappa shape index (κ1) is 17.5. The van der Waals surface area contributed by atoms with Crippen LogP contribution in [0.25, 0.3) is 0 Å². The molecule has 1 aromatic rings. The Hall–Kier alpha value is -1.55. The van der Waals surface area contributed by atoms with Crippen molar-refractivity contribution in [3.8, 4) is 0 Å². The summed E-state index contributed by atoms with van der Waals surface area (Å²) >= 11 is 0. The molecular weight excluding hydrogens is 262 g/mol. The molecule has 0 saturated carbocycles. The molecule has 1 aromatic carbocycles. The molecule has 0 aliphatic rings. The molecule has 4 nitrogen and oxygen atoms in total. The van der Waals surface area contributed by atoms with Crippen molar-refractivity contribution in [3.63, 3.8) is 0 Å². The van der Waals surface area contributed by atoms with Crippen molar-refractivity contribution in [1.82, 2.24) is 4.90 Å². The molecule has 118 valence electrons. The van der Waals surface area contributed by atoms with Crippen LogP contribution in [0.4, 0.5) is 11.4 Å². The number of carbonyl (C=O) groups is 1. The molecule has 1 rings (SSSR count). The van der Waals surface area contributed by atoms with Crippen LogP contribution >= 0.6 is 0 Å². The van der Waals surface area contributed by atoms with Crippen molar-refractivity contribution in [2.75, 3.05) is 43.9 Å². The average molecular weight is 291 g/mol. The largest absolute Gasteiger partial charge is 0.378 e. The van der Waals surface area contributed by atoms with Gasteiger partial charge in [0.25, 0.3) is 0 Å². The van der Waals surface area contributed by atoms with E-state index in [1.54, 1.807) is 0 Å². The van der Waals surface area contributed by atoms with E-state index in [9.17, 15) is 4.79 Å². The third kappa shape index (κ3) is 6.63. The number of nitrogens with zero attached hydrogens (tertiary/aromatic N) is 2. The number of benzene rings is 1. The van der Waals surface area contributed by atoms with E-state index in [-0.39, 0.29) is 5.91 Å².